The first-order chi connectivity index (χ1) is 11.9. The van der Waals surface area contributed by atoms with Gasteiger partial charge in [-0.2, -0.15) is 4.31 Å². The number of esters is 1. The van der Waals surface area contributed by atoms with E-state index in [1.54, 1.807) is 0 Å². The molecule has 2 fully saturated rings. The van der Waals surface area contributed by atoms with Gasteiger partial charge in [0, 0.05) is 6.54 Å². The summed E-state index contributed by atoms with van der Waals surface area (Å²) >= 11 is 6.13. The molecule has 1 aromatic rings. The smallest absolute Gasteiger partial charge is 0.337 e. The number of piperidine rings is 1. The number of ether oxygens (including phenoxy) is 3. The van der Waals surface area contributed by atoms with E-state index in [9.17, 15) is 13.2 Å². The molecule has 9 heteroatoms. The van der Waals surface area contributed by atoms with Crippen LogP contribution in [-0.2, 0) is 24.2 Å². The van der Waals surface area contributed by atoms with Crippen molar-refractivity contribution in [1.29, 1.82) is 0 Å². The molecule has 0 aliphatic carbocycles. The third kappa shape index (κ3) is 3.68. The van der Waals surface area contributed by atoms with E-state index in [2.05, 4.69) is 4.74 Å². The van der Waals surface area contributed by atoms with E-state index < -0.39 is 28.3 Å². The lowest BCUT2D eigenvalue weighted by molar-refractivity contribution is -0.0913. The van der Waals surface area contributed by atoms with Crippen molar-refractivity contribution >= 4 is 27.6 Å². The zero-order chi connectivity index (χ0) is 18.0. The lowest BCUT2D eigenvalue weighted by Gasteiger charge is -2.37. The van der Waals surface area contributed by atoms with Crippen LogP contribution in [0.5, 0.6) is 0 Å². The lowest BCUT2D eigenvalue weighted by atomic mass is 10.0. The van der Waals surface area contributed by atoms with Gasteiger partial charge in [-0.15, -0.1) is 0 Å². The molecule has 7 nitrogen and oxygen atoms in total. The maximum atomic E-state index is 13.2. The average molecular weight is 390 g/mol. The van der Waals surface area contributed by atoms with E-state index in [1.807, 2.05) is 0 Å². The van der Waals surface area contributed by atoms with E-state index in [-0.39, 0.29) is 15.5 Å². The van der Waals surface area contributed by atoms with Crippen LogP contribution in [0.15, 0.2) is 23.1 Å². The Balaban J connectivity index is 1.97. The molecule has 1 atom stereocenters. The second-order valence-corrected chi connectivity index (χ2v) is 8.19. The van der Waals surface area contributed by atoms with E-state index in [0.29, 0.717) is 26.2 Å². The van der Waals surface area contributed by atoms with Gasteiger partial charge in [-0.3, -0.25) is 0 Å². The number of methoxy groups -OCH3 is 1. The highest BCUT2D eigenvalue weighted by Crippen LogP contribution is 2.33. The molecular weight excluding hydrogens is 370 g/mol. The summed E-state index contributed by atoms with van der Waals surface area (Å²) in [4.78, 5) is 11.6. The zero-order valence-electron chi connectivity index (χ0n) is 13.8. The quantitative estimate of drug-likeness (QED) is 0.733. The first kappa shape index (κ1) is 18.6. The first-order valence-electron chi connectivity index (χ1n) is 8.08. The van der Waals surface area contributed by atoms with E-state index in [0.717, 1.165) is 12.8 Å². The third-order valence-electron chi connectivity index (χ3n) is 4.40. The van der Waals surface area contributed by atoms with Crippen LogP contribution >= 0.6 is 11.6 Å². The predicted molar refractivity (Wildman–Crippen MR) is 90.0 cm³/mol. The highest BCUT2D eigenvalue weighted by molar-refractivity contribution is 7.89. The van der Waals surface area contributed by atoms with Crippen LogP contribution in [0.4, 0.5) is 0 Å². The van der Waals surface area contributed by atoms with Gasteiger partial charge >= 0.3 is 5.97 Å². The fourth-order valence-electron chi connectivity index (χ4n) is 3.17. The van der Waals surface area contributed by atoms with Crippen molar-refractivity contribution in [3.8, 4) is 0 Å². The second-order valence-electron chi connectivity index (χ2n) is 5.93. The number of nitrogens with zero attached hydrogens (tertiary/aromatic N) is 1. The second kappa shape index (κ2) is 7.59. The van der Waals surface area contributed by atoms with Crippen molar-refractivity contribution < 1.29 is 27.4 Å². The van der Waals surface area contributed by atoms with Crippen molar-refractivity contribution in [3.05, 3.63) is 28.8 Å². The zero-order valence-corrected chi connectivity index (χ0v) is 15.4. The summed E-state index contributed by atoms with van der Waals surface area (Å²) in [5.74, 6) is -0.620. The summed E-state index contributed by atoms with van der Waals surface area (Å²) in [7, 11) is -2.67. The molecule has 2 aliphatic heterocycles. The van der Waals surface area contributed by atoms with Gasteiger partial charge in [-0.05, 0) is 31.0 Å². The summed E-state index contributed by atoms with van der Waals surface area (Å²) in [5, 5.41) is 0.0604. The number of benzene rings is 1. The molecule has 2 heterocycles. The predicted octanol–water partition coefficient (Wildman–Crippen LogP) is 2.04. The molecule has 138 valence electrons. The van der Waals surface area contributed by atoms with Crippen molar-refractivity contribution in [3.63, 3.8) is 0 Å². The summed E-state index contributed by atoms with van der Waals surface area (Å²) < 4.78 is 43.5. The molecule has 0 saturated carbocycles. The van der Waals surface area contributed by atoms with Crippen molar-refractivity contribution in [2.45, 2.75) is 36.5 Å². The van der Waals surface area contributed by atoms with Crippen LogP contribution in [0.3, 0.4) is 0 Å². The van der Waals surface area contributed by atoms with Gasteiger partial charge in [-0.25, -0.2) is 13.2 Å². The Morgan fingerprint density at radius 3 is 2.68 bits per heavy atom. The number of carbonyl (C=O) groups is 1. The van der Waals surface area contributed by atoms with Crippen molar-refractivity contribution in [2.75, 3.05) is 26.9 Å². The van der Waals surface area contributed by atoms with Gasteiger partial charge < -0.3 is 14.2 Å². The fraction of sp³-hybridized carbons (Fsp3) is 0.562. The molecule has 0 spiro atoms. The summed E-state index contributed by atoms with van der Waals surface area (Å²) in [5.41, 5.74) is 0.132. The molecule has 2 aliphatic rings. The number of rotatable bonds is 4. The molecule has 0 amide bonds. The van der Waals surface area contributed by atoms with Crippen LogP contribution in [0.25, 0.3) is 0 Å². The normalized spacial score (nSPS) is 22.9. The first-order valence-corrected chi connectivity index (χ1v) is 9.90. The largest absolute Gasteiger partial charge is 0.465 e. The Morgan fingerprint density at radius 2 is 2.00 bits per heavy atom. The number of hydrogen-bond donors (Lipinski definition) is 0. The summed E-state index contributed by atoms with van der Waals surface area (Å²) in [6.45, 7) is 1.26. The summed E-state index contributed by atoms with van der Waals surface area (Å²) in [6.07, 6.45) is 1.72. The van der Waals surface area contributed by atoms with E-state index >= 15 is 0 Å². The van der Waals surface area contributed by atoms with E-state index in [1.165, 1.54) is 29.6 Å². The molecule has 0 bridgehead atoms. The molecule has 25 heavy (non-hydrogen) atoms. The molecule has 0 N–H and O–H groups in total. The molecule has 3 rings (SSSR count). The third-order valence-corrected chi connectivity index (χ3v) is 6.81. The van der Waals surface area contributed by atoms with Gasteiger partial charge in [0.15, 0.2) is 6.29 Å². The Bertz CT molecular complexity index is 747. The minimum Gasteiger partial charge on any atom is -0.465 e. The minimum absolute atomic E-state index is 0.0604. The Hall–Kier alpha value is -1.19. The minimum atomic E-state index is -3.91. The standard InChI is InChI=1S/C16H20ClNO6S/c1-22-15(19)11-5-6-12(17)14(10-11)25(20,21)18-7-3-2-4-13(18)16-23-8-9-24-16/h5-6,10,13,16H,2-4,7-9H2,1H3. The summed E-state index contributed by atoms with van der Waals surface area (Å²) in [6, 6.07) is 3.68. The molecular formula is C16H20ClNO6S. The van der Waals surface area contributed by atoms with Crippen molar-refractivity contribution in [2.24, 2.45) is 0 Å². The van der Waals surface area contributed by atoms with Crippen LogP contribution < -0.4 is 0 Å². The van der Waals surface area contributed by atoms with Crippen LogP contribution in [0, 0.1) is 0 Å². The Morgan fingerprint density at radius 1 is 1.28 bits per heavy atom. The monoisotopic (exact) mass is 389 g/mol. The van der Waals surface area contributed by atoms with Gasteiger partial charge in [0.25, 0.3) is 0 Å². The average Bonchev–Trinajstić information content (AvgIpc) is 3.16. The highest BCUT2D eigenvalue weighted by atomic mass is 35.5. The number of carbonyl (C=O) groups excluding carboxylic acids is 1. The molecule has 0 aromatic heterocycles. The number of halogens is 1. The topological polar surface area (TPSA) is 82.1 Å². The van der Waals surface area contributed by atoms with Gasteiger partial charge in [-0.1, -0.05) is 18.0 Å². The number of sulfonamides is 1. The maximum Gasteiger partial charge on any atom is 0.337 e. The molecule has 1 unspecified atom stereocenters. The van der Waals surface area contributed by atoms with Crippen LogP contribution in [0.2, 0.25) is 5.02 Å². The highest BCUT2D eigenvalue weighted by Gasteiger charge is 2.41. The SMILES string of the molecule is COC(=O)c1ccc(Cl)c(S(=O)(=O)N2CCCCC2C2OCCO2)c1. The number of hydrogen-bond acceptors (Lipinski definition) is 6. The maximum absolute atomic E-state index is 13.2. The van der Waals surface area contributed by atoms with Gasteiger partial charge in [0.2, 0.25) is 10.0 Å². The fourth-order valence-corrected chi connectivity index (χ4v) is 5.36. The Labute approximate surface area is 151 Å². The lowest BCUT2D eigenvalue weighted by Crippen LogP contribution is -2.50. The van der Waals surface area contributed by atoms with Crippen LogP contribution in [0.1, 0.15) is 29.6 Å². The van der Waals surface area contributed by atoms with Crippen LogP contribution in [-0.4, -0.2) is 57.9 Å². The molecule has 0 radical (unpaired) electrons. The van der Waals surface area contributed by atoms with Gasteiger partial charge in [0.1, 0.15) is 4.90 Å². The molecule has 1 aromatic carbocycles. The van der Waals surface area contributed by atoms with Crippen molar-refractivity contribution in [1.82, 2.24) is 4.31 Å². The van der Waals surface area contributed by atoms with E-state index in [4.69, 9.17) is 21.1 Å². The Kier molecular flexibility index (Phi) is 5.65. The molecule has 2 saturated heterocycles. The van der Waals surface area contributed by atoms with Gasteiger partial charge in [0.05, 0.1) is 37.0 Å².